The third-order valence-corrected chi connectivity index (χ3v) is 3.51. The molecule has 0 atom stereocenters. The van der Waals surface area contributed by atoms with Gasteiger partial charge in [0, 0.05) is 11.1 Å². The number of hydrogen-bond donors (Lipinski definition) is 3. The van der Waals surface area contributed by atoms with Crippen molar-refractivity contribution < 1.29 is 14.8 Å². The van der Waals surface area contributed by atoms with Gasteiger partial charge in [0.2, 0.25) is 0 Å². The first kappa shape index (κ1) is 19.5. The zero-order chi connectivity index (χ0) is 19.6. The van der Waals surface area contributed by atoms with Crippen LogP contribution < -0.4 is 10.9 Å². The molecule has 0 saturated carbocycles. The van der Waals surface area contributed by atoms with Crippen LogP contribution in [0.5, 0.6) is 0 Å². The van der Waals surface area contributed by atoms with Gasteiger partial charge in [0.15, 0.2) is 0 Å². The van der Waals surface area contributed by atoms with Crippen molar-refractivity contribution in [1.29, 1.82) is 0 Å². The van der Waals surface area contributed by atoms with Gasteiger partial charge in [0.25, 0.3) is 11.8 Å². The quantitative estimate of drug-likeness (QED) is 0.415. The van der Waals surface area contributed by atoms with Crippen LogP contribution in [0.3, 0.4) is 0 Å². The highest BCUT2D eigenvalue weighted by molar-refractivity contribution is 6.67. The molecule has 0 aliphatic carbocycles. The van der Waals surface area contributed by atoms with Crippen LogP contribution in [0.2, 0.25) is 0 Å². The minimum Gasteiger partial charge on any atom is -0.410 e. The Labute approximate surface area is 156 Å². The average molecular weight is 365 g/mol. The number of rotatable bonds is 6. The minimum atomic E-state index is -0.404. The zero-order valence-corrected chi connectivity index (χ0v) is 14.9. The van der Waals surface area contributed by atoms with E-state index in [2.05, 4.69) is 26.2 Å². The van der Waals surface area contributed by atoms with E-state index >= 15 is 0 Å². The molecule has 0 saturated heterocycles. The summed E-state index contributed by atoms with van der Waals surface area (Å²) in [5.41, 5.74) is 6.09. The SMILES string of the molecule is C/C(=N/NC(=O)c1ccccc1)C(=NO)/C(C)=N\NC(=O)c1ccccc1. The Morgan fingerprint density at radius 1 is 0.741 bits per heavy atom. The van der Waals surface area contributed by atoms with E-state index in [1.165, 1.54) is 0 Å². The lowest BCUT2D eigenvalue weighted by molar-refractivity contribution is 0.0947. The van der Waals surface area contributed by atoms with Crippen LogP contribution in [-0.2, 0) is 0 Å². The fourth-order valence-corrected chi connectivity index (χ4v) is 2.09. The molecular formula is C19H19N5O3. The summed E-state index contributed by atoms with van der Waals surface area (Å²) in [6.45, 7) is 3.08. The van der Waals surface area contributed by atoms with Gasteiger partial charge in [0.05, 0.1) is 11.4 Å². The number of carbonyl (C=O) groups is 2. The molecule has 0 aromatic heterocycles. The van der Waals surface area contributed by atoms with Crippen molar-refractivity contribution in [3.05, 3.63) is 71.8 Å². The van der Waals surface area contributed by atoms with E-state index in [4.69, 9.17) is 0 Å². The number of oxime groups is 1. The third-order valence-electron chi connectivity index (χ3n) is 3.51. The highest BCUT2D eigenvalue weighted by Crippen LogP contribution is 1.99. The normalized spacial score (nSPS) is 11.5. The summed E-state index contributed by atoms with van der Waals surface area (Å²) in [7, 11) is 0. The second-order valence-corrected chi connectivity index (χ2v) is 5.46. The van der Waals surface area contributed by atoms with Crippen molar-refractivity contribution in [1.82, 2.24) is 10.9 Å². The maximum absolute atomic E-state index is 12.0. The molecular weight excluding hydrogens is 346 g/mol. The molecule has 138 valence electrons. The molecule has 0 heterocycles. The van der Waals surface area contributed by atoms with E-state index in [0.29, 0.717) is 11.1 Å². The molecule has 0 spiro atoms. The Kier molecular flexibility index (Phi) is 6.95. The first-order valence-electron chi connectivity index (χ1n) is 8.05. The van der Waals surface area contributed by atoms with Gasteiger partial charge in [-0.15, -0.1) is 0 Å². The zero-order valence-electron chi connectivity index (χ0n) is 14.9. The molecule has 0 radical (unpaired) electrons. The van der Waals surface area contributed by atoms with Crippen LogP contribution >= 0.6 is 0 Å². The van der Waals surface area contributed by atoms with Gasteiger partial charge in [-0.25, -0.2) is 10.9 Å². The molecule has 8 nitrogen and oxygen atoms in total. The van der Waals surface area contributed by atoms with Gasteiger partial charge in [-0.1, -0.05) is 41.6 Å². The van der Waals surface area contributed by atoms with Crippen molar-refractivity contribution in [3.63, 3.8) is 0 Å². The molecule has 8 heteroatoms. The number of nitrogens with zero attached hydrogens (tertiary/aromatic N) is 3. The number of nitrogens with one attached hydrogen (secondary N) is 2. The third kappa shape index (κ3) is 5.60. The van der Waals surface area contributed by atoms with Crippen LogP contribution in [0.15, 0.2) is 76.0 Å². The van der Waals surface area contributed by atoms with Crippen LogP contribution in [0.25, 0.3) is 0 Å². The second kappa shape index (κ2) is 9.62. The van der Waals surface area contributed by atoms with E-state index in [1.807, 2.05) is 0 Å². The van der Waals surface area contributed by atoms with Crippen molar-refractivity contribution in [2.45, 2.75) is 13.8 Å². The Morgan fingerprint density at radius 2 is 1.11 bits per heavy atom. The maximum atomic E-state index is 12.0. The Morgan fingerprint density at radius 3 is 1.44 bits per heavy atom. The number of amides is 2. The lowest BCUT2D eigenvalue weighted by Gasteiger charge is -2.06. The smallest absolute Gasteiger partial charge is 0.271 e. The second-order valence-electron chi connectivity index (χ2n) is 5.46. The maximum Gasteiger partial charge on any atom is 0.271 e. The van der Waals surface area contributed by atoms with Crippen molar-refractivity contribution >= 4 is 28.9 Å². The van der Waals surface area contributed by atoms with E-state index in [9.17, 15) is 14.8 Å². The van der Waals surface area contributed by atoms with E-state index in [-0.39, 0.29) is 17.1 Å². The van der Waals surface area contributed by atoms with Gasteiger partial charge in [-0.3, -0.25) is 9.59 Å². The molecule has 0 aliphatic heterocycles. The minimum absolute atomic E-state index is 0.0247. The molecule has 27 heavy (non-hydrogen) atoms. The van der Waals surface area contributed by atoms with Crippen molar-refractivity contribution in [3.8, 4) is 0 Å². The fraction of sp³-hybridized carbons (Fsp3) is 0.105. The fourth-order valence-electron chi connectivity index (χ4n) is 2.09. The number of benzene rings is 2. The first-order chi connectivity index (χ1) is 13.0. The molecule has 0 fully saturated rings. The number of hydrogen-bond acceptors (Lipinski definition) is 6. The van der Waals surface area contributed by atoms with Gasteiger partial charge in [-0.05, 0) is 38.1 Å². The summed E-state index contributed by atoms with van der Waals surface area (Å²) in [4.78, 5) is 24.0. The van der Waals surface area contributed by atoms with Gasteiger partial charge >= 0.3 is 0 Å². The Bertz CT molecular complexity index is 819. The average Bonchev–Trinajstić information content (AvgIpc) is 2.72. The molecule has 2 rings (SSSR count). The predicted molar refractivity (Wildman–Crippen MR) is 103 cm³/mol. The Balaban J connectivity index is 2.03. The molecule has 0 bridgehead atoms. The van der Waals surface area contributed by atoms with Gasteiger partial charge < -0.3 is 5.21 Å². The van der Waals surface area contributed by atoms with Crippen molar-refractivity contribution in [2.24, 2.45) is 15.4 Å². The first-order valence-corrected chi connectivity index (χ1v) is 8.05. The van der Waals surface area contributed by atoms with Crippen LogP contribution in [0.1, 0.15) is 34.6 Å². The summed E-state index contributed by atoms with van der Waals surface area (Å²) >= 11 is 0. The van der Waals surface area contributed by atoms with Crippen LogP contribution in [-0.4, -0.2) is 34.2 Å². The van der Waals surface area contributed by atoms with Gasteiger partial charge in [-0.2, -0.15) is 10.2 Å². The molecule has 0 aliphatic rings. The summed E-state index contributed by atoms with van der Waals surface area (Å²) in [5.74, 6) is -0.807. The summed E-state index contributed by atoms with van der Waals surface area (Å²) in [6, 6.07) is 17.1. The lowest BCUT2D eigenvalue weighted by atomic mass is 10.2. The number of hydrazone groups is 2. The molecule has 0 unspecified atom stereocenters. The number of carbonyl (C=O) groups excluding carboxylic acids is 2. The summed E-state index contributed by atoms with van der Waals surface area (Å²) in [5, 5.41) is 20.2. The summed E-state index contributed by atoms with van der Waals surface area (Å²) < 4.78 is 0. The van der Waals surface area contributed by atoms with E-state index < -0.39 is 11.8 Å². The molecule has 3 N–H and O–H groups in total. The van der Waals surface area contributed by atoms with E-state index in [1.54, 1.807) is 74.5 Å². The van der Waals surface area contributed by atoms with Crippen molar-refractivity contribution in [2.75, 3.05) is 0 Å². The monoisotopic (exact) mass is 365 g/mol. The summed E-state index contributed by atoms with van der Waals surface area (Å²) in [6.07, 6.45) is 0. The molecule has 2 aromatic carbocycles. The largest absolute Gasteiger partial charge is 0.410 e. The van der Waals surface area contributed by atoms with E-state index in [0.717, 1.165) is 0 Å². The predicted octanol–water partition coefficient (Wildman–Crippen LogP) is 2.43. The topological polar surface area (TPSA) is 116 Å². The molecule has 2 amide bonds. The van der Waals surface area contributed by atoms with Crippen LogP contribution in [0, 0.1) is 0 Å². The highest BCUT2D eigenvalue weighted by atomic mass is 16.4. The van der Waals surface area contributed by atoms with Gasteiger partial charge in [0.1, 0.15) is 5.71 Å². The van der Waals surface area contributed by atoms with Crippen LogP contribution in [0.4, 0.5) is 0 Å². The molecule has 2 aromatic rings. The standard InChI is InChI=1S/C19H19N5O3/c1-13(20-22-18(25)15-9-5-3-6-10-15)17(24-27)14(2)21-23-19(26)16-11-7-4-8-12-16/h3-12,27H,1-2H3,(H,22,25)(H,23,26)/b20-13-,21-14-. The highest BCUT2D eigenvalue weighted by Gasteiger charge is 2.12. The lowest BCUT2D eigenvalue weighted by Crippen LogP contribution is -2.28. The Hall–Kier alpha value is -3.81.